The standard InChI is InChI=1S/C6H6O.C4H9.O.Sn/c7-6-4-2-1-3-5-6;1-3-4-2;;/h1-5,7H;1,3-4H2,2H3;;/q;;;+1/p-1. The van der Waals surface area contributed by atoms with Crippen LogP contribution in [-0.2, 0) is 3.08 Å². The Hall–Kier alpha value is -0.381. The van der Waals surface area contributed by atoms with Crippen LogP contribution in [0.5, 0.6) is 5.75 Å². The second-order valence-electron chi connectivity index (χ2n) is 2.89. The van der Waals surface area contributed by atoms with Crippen molar-refractivity contribution in [2.24, 2.45) is 0 Å². The minimum absolute atomic E-state index is 0.753. The van der Waals surface area contributed by atoms with Crippen LogP contribution < -0.4 is 3.07 Å². The van der Waals surface area contributed by atoms with E-state index >= 15 is 0 Å². The maximum atomic E-state index is 11.4. The molecule has 0 amide bonds. The predicted molar refractivity (Wildman–Crippen MR) is 53.2 cm³/mol. The van der Waals surface area contributed by atoms with Gasteiger partial charge in [0.1, 0.15) is 0 Å². The molecule has 2 nitrogen and oxygen atoms in total. The van der Waals surface area contributed by atoms with Gasteiger partial charge in [0, 0.05) is 0 Å². The molecule has 70 valence electrons. The molecule has 13 heavy (non-hydrogen) atoms. The fraction of sp³-hybridized carbons (Fsp3) is 0.400. The molecule has 0 fully saturated rings. The Morgan fingerprint density at radius 1 is 1.31 bits per heavy atom. The molecule has 1 rings (SSSR count). The van der Waals surface area contributed by atoms with Crippen molar-refractivity contribution in [2.75, 3.05) is 0 Å². The summed E-state index contributed by atoms with van der Waals surface area (Å²) in [5.41, 5.74) is 0. The molecule has 0 N–H and O–H groups in total. The summed E-state index contributed by atoms with van der Waals surface area (Å²) in [5, 5.41) is 0. The molecule has 0 bridgehead atoms. The van der Waals surface area contributed by atoms with Crippen LogP contribution in [0.2, 0.25) is 4.44 Å². The first-order valence-corrected chi connectivity index (χ1v) is 8.93. The Morgan fingerprint density at radius 2 is 2.00 bits per heavy atom. The zero-order valence-electron chi connectivity index (χ0n) is 7.82. The molecule has 0 unspecified atom stereocenters. The zero-order chi connectivity index (χ0) is 9.52. The minimum atomic E-state index is -2.73. The molecular weight excluding hydrogens is 271 g/mol. The number of rotatable bonds is 5. The van der Waals surface area contributed by atoms with E-state index in [9.17, 15) is 3.08 Å². The number of hydrogen-bond donors (Lipinski definition) is 0. The van der Waals surface area contributed by atoms with Crippen molar-refractivity contribution in [3.8, 4) is 5.75 Å². The van der Waals surface area contributed by atoms with Crippen molar-refractivity contribution >= 4 is 20.2 Å². The van der Waals surface area contributed by atoms with E-state index in [2.05, 4.69) is 6.92 Å². The molecule has 0 saturated carbocycles. The summed E-state index contributed by atoms with van der Waals surface area (Å²) >= 11 is -2.73. The summed E-state index contributed by atoms with van der Waals surface area (Å²) < 4.78 is 17.6. The number of para-hydroxylation sites is 1. The summed E-state index contributed by atoms with van der Waals surface area (Å²) in [6.45, 7) is 2.10. The van der Waals surface area contributed by atoms with Gasteiger partial charge in [0.2, 0.25) is 0 Å². The van der Waals surface area contributed by atoms with Crippen LogP contribution in [0, 0.1) is 0 Å². The van der Waals surface area contributed by atoms with Gasteiger partial charge in [0.25, 0.3) is 0 Å². The summed E-state index contributed by atoms with van der Waals surface area (Å²) in [6, 6.07) is 9.42. The van der Waals surface area contributed by atoms with Crippen LogP contribution in [0.1, 0.15) is 19.8 Å². The molecule has 3 heteroatoms. The molecule has 0 aliphatic heterocycles. The summed E-state index contributed by atoms with van der Waals surface area (Å²) in [6.07, 6.45) is 2.11. The van der Waals surface area contributed by atoms with E-state index in [1.165, 1.54) is 0 Å². The molecule has 1 aromatic rings. The van der Waals surface area contributed by atoms with Crippen LogP contribution in [-0.4, -0.2) is 20.2 Å². The van der Waals surface area contributed by atoms with E-state index in [1.54, 1.807) is 0 Å². The van der Waals surface area contributed by atoms with Crippen molar-refractivity contribution in [3.63, 3.8) is 0 Å². The Morgan fingerprint density at radius 3 is 2.62 bits per heavy atom. The molecule has 0 aliphatic rings. The van der Waals surface area contributed by atoms with Crippen molar-refractivity contribution in [1.29, 1.82) is 0 Å². The molecule has 0 atom stereocenters. The monoisotopic (exact) mass is 286 g/mol. The summed E-state index contributed by atoms with van der Waals surface area (Å²) in [5.74, 6) is 0.753. The SMILES string of the molecule is CCC[CH2][Sn](=[O])[O]c1ccccc1. The average molecular weight is 285 g/mol. The van der Waals surface area contributed by atoms with Crippen LogP contribution in [0.25, 0.3) is 0 Å². The van der Waals surface area contributed by atoms with Gasteiger partial charge in [-0.25, -0.2) is 0 Å². The first-order valence-electron chi connectivity index (χ1n) is 4.58. The van der Waals surface area contributed by atoms with E-state index in [0.29, 0.717) is 0 Å². The van der Waals surface area contributed by atoms with Gasteiger partial charge in [-0.2, -0.15) is 0 Å². The van der Waals surface area contributed by atoms with Crippen molar-refractivity contribution in [1.82, 2.24) is 0 Å². The van der Waals surface area contributed by atoms with Gasteiger partial charge in [-0.05, 0) is 0 Å². The summed E-state index contributed by atoms with van der Waals surface area (Å²) in [4.78, 5) is 0. The fourth-order valence-corrected chi connectivity index (χ4v) is 4.26. The number of unbranched alkanes of at least 4 members (excludes halogenated alkanes) is 1. The van der Waals surface area contributed by atoms with Crippen molar-refractivity contribution in [2.45, 2.75) is 24.2 Å². The van der Waals surface area contributed by atoms with Gasteiger partial charge in [-0.3, -0.25) is 0 Å². The van der Waals surface area contributed by atoms with E-state index in [-0.39, 0.29) is 0 Å². The van der Waals surface area contributed by atoms with Gasteiger partial charge in [0.05, 0.1) is 0 Å². The molecule has 1 aromatic carbocycles. The van der Waals surface area contributed by atoms with Gasteiger partial charge < -0.3 is 0 Å². The van der Waals surface area contributed by atoms with E-state index in [0.717, 1.165) is 23.0 Å². The van der Waals surface area contributed by atoms with Crippen LogP contribution in [0.3, 0.4) is 0 Å². The zero-order valence-corrected chi connectivity index (χ0v) is 10.7. The molecule has 0 aliphatic carbocycles. The second-order valence-corrected chi connectivity index (χ2v) is 7.02. The second kappa shape index (κ2) is 6.13. The van der Waals surface area contributed by atoms with Crippen LogP contribution in [0.15, 0.2) is 30.3 Å². The van der Waals surface area contributed by atoms with Gasteiger partial charge in [0.15, 0.2) is 0 Å². The van der Waals surface area contributed by atoms with Crippen molar-refractivity contribution in [3.05, 3.63) is 30.3 Å². The van der Waals surface area contributed by atoms with Gasteiger partial charge in [-0.15, -0.1) is 0 Å². The third-order valence-corrected chi connectivity index (χ3v) is 5.21. The topological polar surface area (TPSA) is 26.3 Å². The molecule has 0 radical (unpaired) electrons. The Balaban J connectivity index is 2.37. The summed E-state index contributed by atoms with van der Waals surface area (Å²) in [7, 11) is 0. The molecule has 0 aromatic heterocycles. The average Bonchev–Trinajstić information content (AvgIpc) is 2.16. The van der Waals surface area contributed by atoms with Gasteiger partial charge in [-0.1, -0.05) is 0 Å². The van der Waals surface area contributed by atoms with Gasteiger partial charge >= 0.3 is 86.6 Å². The molecular formula is C10H14O2Sn. The third-order valence-electron chi connectivity index (χ3n) is 1.71. The Kier molecular flexibility index (Phi) is 5.04. The third kappa shape index (κ3) is 4.41. The molecule has 0 heterocycles. The Labute approximate surface area is 86.6 Å². The fourth-order valence-electron chi connectivity index (χ4n) is 0.992. The first-order chi connectivity index (χ1) is 6.33. The Bertz CT molecular complexity index is 259. The van der Waals surface area contributed by atoms with Crippen LogP contribution in [0.4, 0.5) is 0 Å². The van der Waals surface area contributed by atoms with E-state index in [4.69, 9.17) is 3.07 Å². The predicted octanol–water partition coefficient (Wildman–Crippen LogP) is 2.78. The molecule has 0 saturated heterocycles. The maximum absolute atomic E-state index is 11.4. The van der Waals surface area contributed by atoms with E-state index in [1.807, 2.05) is 30.3 Å². The number of benzene rings is 1. The van der Waals surface area contributed by atoms with Crippen molar-refractivity contribution < 1.29 is 6.15 Å². The molecule has 0 spiro atoms. The number of hydrogen-bond acceptors (Lipinski definition) is 2. The van der Waals surface area contributed by atoms with E-state index < -0.39 is 20.2 Å². The van der Waals surface area contributed by atoms with Crippen LogP contribution >= 0.6 is 0 Å². The normalized spacial score (nSPS) is 9.62. The first kappa shape index (κ1) is 10.7. The quantitative estimate of drug-likeness (QED) is 0.777.